The maximum atomic E-state index is 11.7. The molecule has 0 aliphatic heterocycles. The number of phosphoric acid groups is 1. The summed E-state index contributed by atoms with van der Waals surface area (Å²) in [4.78, 5) is 22.9. The van der Waals surface area contributed by atoms with Crippen molar-refractivity contribution in [3.63, 3.8) is 0 Å². The van der Waals surface area contributed by atoms with E-state index in [1.807, 2.05) is 12.1 Å². The van der Waals surface area contributed by atoms with E-state index in [0.29, 0.717) is 11.4 Å². The SMILES string of the molecule is CC(C)(CO)C(CCc1ccc(Cl)cc1)(Cn1cncn1)OP(=O)(O)O. The molecule has 1 unspecified atom stereocenters. The van der Waals surface area contributed by atoms with Crippen molar-refractivity contribution in [3.05, 3.63) is 47.5 Å². The van der Waals surface area contributed by atoms with Crippen LogP contribution in [0, 0.1) is 5.41 Å². The third-order valence-electron chi connectivity index (χ3n) is 4.54. The third kappa shape index (κ3) is 5.36. The highest BCUT2D eigenvalue weighted by molar-refractivity contribution is 7.46. The first-order chi connectivity index (χ1) is 12.1. The van der Waals surface area contributed by atoms with E-state index < -0.39 is 18.8 Å². The Kier molecular flexibility index (Phi) is 6.60. The first-order valence-electron chi connectivity index (χ1n) is 8.01. The molecule has 1 heterocycles. The summed E-state index contributed by atoms with van der Waals surface area (Å²) < 4.78 is 18.5. The van der Waals surface area contributed by atoms with Gasteiger partial charge in [0, 0.05) is 10.4 Å². The molecule has 1 aromatic carbocycles. The summed E-state index contributed by atoms with van der Waals surface area (Å²) in [6.07, 6.45) is 3.48. The van der Waals surface area contributed by atoms with Crippen molar-refractivity contribution in [2.24, 2.45) is 5.41 Å². The number of rotatable bonds is 9. The summed E-state index contributed by atoms with van der Waals surface area (Å²) >= 11 is 5.90. The number of nitrogens with zero attached hydrogens (tertiary/aromatic N) is 3. The topological polar surface area (TPSA) is 118 Å². The van der Waals surface area contributed by atoms with Crippen LogP contribution in [0.1, 0.15) is 25.8 Å². The Morgan fingerprint density at radius 3 is 2.42 bits per heavy atom. The second-order valence-corrected chi connectivity index (χ2v) is 8.44. The van der Waals surface area contributed by atoms with Crippen LogP contribution in [0.2, 0.25) is 5.02 Å². The fourth-order valence-corrected chi connectivity index (χ4v) is 3.75. The summed E-state index contributed by atoms with van der Waals surface area (Å²) in [5.74, 6) is 0. The molecule has 26 heavy (non-hydrogen) atoms. The molecule has 0 spiro atoms. The van der Waals surface area contributed by atoms with Gasteiger partial charge in [-0.2, -0.15) is 5.10 Å². The van der Waals surface area contributed by atoms with E-state index in [2.05, 4.69) is 10.1 Å². The minimum absolute atomic E-state index is 0.0270. The number of aliphatic hydroxyl groups excluding tert-OH is 1. The van der Waals surface area contributed by atoms with Crippen LogP contribution in [0.25, 0.3) is 0 Å². The standard InChI is InChI=1S/C16H23ClN3O5P/c1-15(2,10-21)16(25-26(22,23)24,9-20-12-18-11-19-20)8-7-13-3-5-14(17)6-4-13/h3-6,11-12,21H,7-10H2,1-2H3,(H2,22,23,24). The predicted molar refractivity (Wildman–Crippen MR) is 96.5 cm³/mol. The zero-order chi connectivity index (χ0) is 19.4. The molecule has 0 saturated carbocycles. The molecule has 2 rings (SSSR count). The predicted octanol–water partition coefficient (Wildman–Crippen LogP) is 2.43. The number of aryl methyl sites for hydroxylation is 1. The summed E-state index contributed by atoms with van der Waals surface area (Å²) in [6.45, 7) is 3.09. The Balaban J connectivity index is 2.38. The molecule has 2 aromatic rings. The van der Waals surface area contributed by atoms with Gasteiger partial charge in [0.15, 0.2) is 0 Å². The van der Waals surface area contributed by atoms with E-state index in [4.69, 9.17) is 16.1 Å². The minimum Gasteiger partial charge on any atom is -0.396 e. The molecule has 3 N–H and O–H groups in total. The van der Waals surface area contributed by atoms with Crippen LogP contribution in [-0.2, 0) is 22.1 Å². The van der Waals surface area contributed by atoms with Crippen molar-refractivity contribution in [2.75, 3.05) is 6.61 Å². The molecule has 10 heteroatoms. The first kappa shape index (κ1) is 21.0. The van der Waals surface area contributed by atoms with Crippen molar-refractivity contribution in [1.29, 1.82) is 0 Å². The van der Waals surface area contributed by atoms with E-state index in [-0.39, 0.29) is 19.6 Å². The Bertz CT molecular complexity index is 748. The van der Waals surface area contributed by atoms with Crippen molar-refractivity contribution in [2.45, 2.75) is 38.8 Å². The van der Waals surface area contributed by atoms with Gasteiger partial charge in [-0.05, 0) is 30.5 Å². The van der Waals surface area contributed by atoms with Gasteiger partial charge in [-0.25, -0.2) is 9.55 Å². The number of halogens is 1. The van der Waals surface area contributed by atoms with Gasteiger partial charge in [0.1, 0.15) is 18.3 Å². The molecule has 8 nitrogen and oxygen atoms in total. The molecule has 0 aliphatic carbocycles. The van der Waals surface area contributed by atoms with E-state index in [0.717, 1.165) is 5.56 Å². The monoisotopic (exact) mass is 403 g/mol. The molecule has 0 radical (unpaired) electrons. The van der Waals surface area contributed by atoms with Crippen LogP contribution >= 0.6 is 19.4 Å². The fraction of sp³-hybridized carbons (Fsp3) is 0.500. The van der Waals surface area contributed by atoms with Gasteiger partial charge in [0.25, 0.3) is 0 Å². The molecule has 0 bridgehead atoms. The minimum atomic E-state index is -4.84. The van der Waals surface area contributed by atoms with Gasteiger partial charge in [-0.3, -0.25) is 9.21 Å². The average molecular weight is 404 g/mol. The van der Waals surface area contributed by atoms with Crippen LogP contribution in [0.15, 0.2) is 36.9 Å². The zero-order valence-electron chi connectivity index (χ0n) is 14.6. The lowest BCUT2D eigenvalue weighted by Gasteiger charge is -2.45. The first-order valence-corrected chi connectivity index (χ1v) is 9.92. The summed E-state index contributed by atoms with van der Waals surface area (Å²) in [7, 11) is -4.84. The Hall–Kier alpha value is -1.28. The molecule has 144 valence electrons. The molecule has 0 saturated heterocycles. The highest BCUT2D eigenvalue weighted by Gasteiger charge is 2.50. The van der Waals surface area contributed by atoms with E-state index >= 15 is 0 Å². The second-order valence-electron chi connectivity index (χ2n) is 6.84. The van der Waals surface area contributed by atoms with E-state index in [1.54, 1.807) is 26.0 Å². The van der Waals surface area contributed by atoms with Crippen LogP contribution < -0.4 is 0 Å². The van der Waals surface area contributed by atoms with Gasteiger partial charge >= 0.3 is 7.82 Å². The molecular weight excluding hydrogens is 381 g/mol. The number of aliphatic hydroxyl groups is 1. The molecule has 1 aromatic heterocycles. The fourth-order valence-electron chi connectivity index (χ4n) is 2.77. The van der Waals surface area contributed by atoms with Gasteiger partial charge in [-0.15, -0.1) is 0 Å². The maximum absolute atomic E-state index is 11.7. The summed E-state index contributed by atoms with van der Waals surface area (Å²) in [6, 6.07) is 7.17. The van der Waals surface area contributed by atoms with Gasteiger partial charge in [-0.1, -0.05) is 37.6 Å². The highest BCUT2D eigenvalue weighted by atomic mass is 35.5. The average Bonchev–Trinajstić information content (AvgIpc) is 3.05. The molecular formula is C16H23ClN3O5P. The molecule has 1 atom stereocenters. The Morgan fingerprint density at radius 1 is 1.27 bits per heavy atom. The van der Waals surface area contributed by atoms with Gasteiger partial charge < -0.3 is 14.9 Å². The number of benzene rings is 1. The Labute approximate surface area is 157 Å². The van der Waals surface area contributed by atoms with Crippen molar-refractivity contribution in [1.82, 2.24) is 14.8 Å². The number of phosphoric ester groups is 1. The molecule has 0 amide bonds. The van der Waals surface area contributed by atoms with Crippen molar-refractivity contribution in [3.8, 4) is 0 Å². The largest absolute Gasteiger partial charge is 0.470 e. The molecule has 0 fully saturated rings. The quantitative estimate of drug-likeness (QED) is 0.550. The van der Waals surface area contributed by atoms with Crippen LogP contribution in [0.5, 0.6) is 0 Å². The lowest BCUT2D eigenvalue weighted by Crippen LogP contribution is -2.52. The third-order valence-corrected chi connectivity index (χ3v) is 5.38. The summed E-state index contributed by atoms with van der Waals surface area (Å²) in [5.41, 5.74) is -1.42. The number of hydrogen-bond acceptors (Lipinski definition) is 5. The lowest BCUT2D eigenvalue weighted by atomic mass is 9.72. The number of hydrogen-bond donors (Lipinski definition) is 3. The van der Waals surface area contributed by atoms with Crippen molar-refractivity contribution < 1.29 is 24.0 Å². The van der Waals surface area contributed by atoms with Gasteiger partial charge in [0.05, 0.1) is 13.2 Å². The zero-order valence-corrected chi connectivity index (χ0v) is 16.3. The van der Waals surface area contributed by atoms with Crippen LogP contribution in [-0.4, -0.2) is 41.9 Å². The second kappa shape index (κ2) is 8.17. The van der Waals surface area contributed by atoms with Crippen LogP contribution in [0.3, 0.4) is 0 Å². The lowest BCUT2D eigenvalue weighted by molar-refractivity contribution is -0.101. The molecule has 0 aliphatic rings. The van der Waals surface area contributed by atoms with E-state index in [9.17, 15) is 19.5 Å². The smallest absolute Gasteiger partial charge is 0.396 e. The van der Waals surface area contributed by atoms with Crippen LogP contribution in [0.4, 0.5) is 0 Å². The number of aromatic nitrogens is 3. The highest BCUT2D eigenvalue weighted by Crippen LogP contribution is 2.50. The normalized spacial score (nSPS) is 15.0. The maximum Gasteiger partial charge on any atom is 0.470 e. The van der Waals surface area contributed by atoms with E-state index in [1.165, 1.54) is 17.3 Å². The summed E-state index contributed by atoms with van der Waals surface area (Å²) in [5, 5.41) is 14.5. The van der Waals surface area contributed by atoms with Crippen molar-refractivity contribution >= 4 is 19.4 Å². The van der Waals surface area contributed by atoms with Gasteiger partial charge in [0.2, 0.25) is 0 Å². The Morgan fingerprint density at radius 2 is 1.92 bits per heavy atom.